The molecule has 0 bridgehead atoms. The predicted molar refractivity (Wildman–Crippen MR) is 85.3 cm³/mol. The topological polar surface area (TPSA) is 57.2 Å². The van der Waals surface area contributed by atoms with E-state index in [4.69, 9.17) is 19.2 Å². The van der Waals surface area contributed by atoms with E-state index in [9.17, 15) is 4.79 Å². The monoisotopic (exact) mass is 323 g/mol. The molecule has 23 heavy (non-hydrogen) atoms. The van der Waals surface area contributed by atoms with Crippen molar-refractivity contribution in [2.45, 2.75) is 45.9 Å². The van der Waals surface area contributed by atoms with Crippen LogP contribution in [-0.4, -0.2) is 37.2 Å². The van der Waals surface area contributed by atoms with Gasteiger partial charge in [0.1, 0.15) is 0 Å². The summed E-state index contributed by atoms with van der Waals surface area (Å²) in [4.78, 5) is 24.7. The molecule has 0 fully saturated rings. The number of fused-ring (bicyclic) bond motifs is 1. The van der Waals surface area contributed by atoms with E-state index in [-0.39, 0.29) is 5.91 Å². The number of rotatable bonds is 4. The van der Waals surface area contributed by atoms with Crippen LogP contribution in [-0.2, 0) is 21.0 Å². The number of nitrogens with zero attached hydrogens (tertiary/aromatic N) is 1. The molecule has 1 heterocycles. The van der Waals surface area contributed by atoms with Crippen LogP contribution in [0.1, 0.15) is 45.0 Å². The second-order valence-corrected chi connectivity index (χ2v) is 6.51. The molecule has 0 saturated carbocycles. The Bertz CT molecular complexity index is 579. The van der Waals surface area contributed by atoms with Crippen molar-refractivity contribution in [3.8, 4) is 11.5 Å². The summed E-state index contributed by atoms with van der Waals surface area (Å²) in [5, 5.41) is 0. The average Bonchev–Trinajstić information content (AvgIpc) is 2.49. The van der Waals surface area contributed by atoms with Crippen LogP contribution in [0.25, 0.3) is 0 Å². The largest absolute Gasteiger partial charge is 0.493 e. The van der Waals surface area contributed by atoms with Gasteiger partial charge in [-0.1, -0.05) is 0 Å². The molecule has 0 aromatic heterocycles. The first-order valence-electron chi connectivity index (χ1n) is 7.63. The van der Waals surface area contributed by atoms with Crippen LogP contribution >= 0.6 is 0 Å². The van der Waals surface area contributed by atoms with Crippen molar-refractivity contribution in [2.75, 3.05) is 20.8 Å². The van der Waals surface area contributed by atoms with Crippen molar-refractivity contribution in [3.63, 3.8) is 0 Å². The van der Waals surface area contributed by atoms with E-state index in [1.807, 2.05) is 32.9 Å². The van der Waals surface area contributed by atoms with Gasteiger partial charge in [-0.25, -0.2) is 9.78 Å². The Kier molecular flexibility index (Phi) is 5.16. The molecule has 1 aromatic rings. The molecule has 128 valence electrons. The number of amides is 1. The van der Waals surface area contributed by atoms with E-state index in [0.717, 1.165) is 17.5 Å². The van der Waals surface area contributed by atoms with E-state index < -0.39 is 11.8 Å². The highest BCUT2D eigenvalue weighted by molar-refractivity contribution is 5.74. The smallest absolute Gasteiger partial charge is 0.221 e. The molecule has 0 spiro atoms. The number of hydrogen-bond donors (Lipinski definition) is 0. The molecule has 6 heteroatoms. The van der Waals surface area contributed by atoms with Crippen molar-refractivity contribution >= 4 is 5.91 Å². The van der Waals surface area contributed by atoms with E-state index >= 15 is 0 Å². The molecular formula is C17H25NO5. The first-order valence-corrected chi connectivity index (χ1v) is 7.63. The minimum Gasteiger partial charge on any atom is -0.493 e. The molecule has 1 aliphatic heterocycles. The molecule has 0 N–H and O–H groups in total. The Morgan fingerprint density at radius 3 is 2.30 bits per heavy atom. The standard InChI is InChI=1S/C17H25NO5/c1-11(19)18-8-7-12-9-14(20-5)15(21-6)10-13(12)16(18)22-23-17(2,3)4/h9-10,16H,7-8H2,1-6H3. The Labute approximate surface area is 137 Å². The van der Waals surface area contributed by atoms with Gasteiger partial charge < -0.3 is 14.4 Å². The molecule has 1 unspecified atom stereocenters. The summed E-state index contributed by atoms with van der Waals surface area (Å²) in [7, 11) is 3.18. The van der Waals surface area contributed by atoms with Crippen molar-refractivity contribution in [1.29, 1.82) is 0 Å². The Balaban J connectivity index is 2.41. The number of ether oxygens (including phenoxy) is 2. The maximum Gasteiger partial charge on any atom is 0.221 e. The predicted octanol–water partition coefficient (Wildman–Crippen LogP) is 2.85. The Morgan fingerprint density at radius 2 is 1.78 bits per heavy atom. The molecule has 0 radical (unpaired) electrons. The zero-order valence-electron chi connectivity index (χ0n) is 14.6. The van der Waals surface area contributed by atoms with Crippen LogP contribution in [0.3, 0.4) is 0 Å². The van der Waals surface area contributed by atoms with Gasteiger partial charge >= 0.3 is 0 Å². The van der Waals surface area contributed by atoms with Crippen LogP contribution in [0.4, 0.5) is 0 Å². The zero-order chi connectivity index (χ0) is 17.2. The summed E-state index contributed by atoms with van der Waals surface area (Å²) in [6, 6.07) is 3.78. The summed E-state index contributed by atoms with van der Waals surface area (Å²) in [6.45, 7) is 7.77. The van der Waals surface area contributed by atoms with Crippen LogP contribution < -0.4 is 9.47 Å². The molecule has 1 atom stereocenters. The summed E-state index contributed by atoms with van der Waals surface area (Å²) in [6.07, 6.45) is 0.125. The number of benzene rings is 1. The lowest BCUT2D eigenvalue weighted by Gasteiger charge is -2.37. The van der Waals surface area contributed by atoms with Gasteiger partial charge in [-0.15, -0.1) is 0 Å². The van der Waals surface area contributed by atoms with Crippen molar-refractivity contribution in [3.05, 3.63) is 23.3 Å². The Hall–Kier alpha value is -1.79. The summed E-state index contributed by atoms with van der Waals surface area (Å²) >= 11 is 0. The van der Waals surface area contributed by atoms with Gasteiger partial charge in [-0.3, -0.25) is 4.79 Å². The Morgan fingerprint density at radius 1 is 1.17 bits per heavy atom. The number of hydrogen-bond acceptors (Lipinski definition) is 5. The van der Waals surface area contributed by atoms with Crippen LogP contribution in [0.2, 0.25) is 0 Å². The zero-order valence-corrected chi connectivity index (χ0v) is 14.6. The second kappa shape index (κ2) is 6.76. The number of carbonyl (C=O) groups is 1. The number of methoxy groups -OCH3 is 2. The molecule has 2 rings (SSSR count). The normalized spacial score (nSPS) is 17.7. The van der Waals surface area contributed by atoms with E-state index in [1.54, 1.807) is 19.1 Å². The number of carbonyl (C=O) groups excluding carboxylic acids is 1. The fourth-order valence-electron chi connectivity index (χ4n) is 2.53. The molecule has 1 amide bonds. The lowest BCUT2D eigenvalue weighted by molar-refractivity contribution is -0.396. The first-order chi connectivity index (χ1) is 10.8. The molecule has 1 aliphatic rings. The molecular weight excluding hydrogens is 298 g/mol. The molecule has 0 aliphatic carbocycles. The second-order valence-electron chi connectivity index (χ2n) is 6.51. The van der Waals surface area contributed by atoms with Crippen molar-refractivity contribution < 1.29 is 24.0 Å². The van der Waals surface area contributed by atoms with Crippen LogP contribution in [0.5, 0.6) is 11.5 Å². The SMILES string of the molecule is COc1cc2c(cc1OC)C(OOC(C)(C)C)N(C(C)=O)CC2. The van der Waals surface area contributed by atoms with Gasteiger partial charge in [0.2, 0.25) is 5.91 Å². The molecule has 0 saturated heterocycles. The van der Waals surface area contributed by atoms with Gasteiger partial charge in [-0.05, 0) is 44.9 Å². The maximum absolute atomic E-state index is 12.0. The van der Waals surface area contributed by atoms with Gasteiger partial charge in [0, 0.05) is 19.0 Å². The quantitative estimate of drug-likeness (QED) is 0.630. The van der Waals surface area contributed by atoms with E-state index in [1.165, 1.54) is 6.92 Å². The van der Waals surface area contributed by atoms with Gasteiger partial charge in [0.15, 0.2) is 17.7 Å². The van der Waals surface area contributed by atoms with Crippen LogP contribution in [0.15, 0.2) is 12.1 Å². The van der Waals surface area contributed by atoms with Crippen molar-refractivity contribution in [2.24, 2.45) is 0 Å². The third-order valence-electron chi connectivity index (χ3n) is 3.61. The lowest BCUT2D eigenvalue weighted by Crippen LogP contribution is -2.41. The third kappa shape index (κ3) is 3.95. The first kappa shape index (κ1) is 17.6. The van der Waals surface area contributed by atoms with E-state index in [0.29, 0.717) is 18.0 Å². The summed E-state index contributed by atoms with van der Waals surface area (Å²) in [5.41, 5.74) is 1.44. The minimum atomic E-state index is -0.602. The fourth-order valence-corrected chi connectivity index (χ4v) is 2.53. The fraction of sp³-hybridized carbons (Fsp3) is 0.588. The van der Waals surface area contributed by atoms with Gasteiger partial charge in [0.25, 0.3) is 0 Å². The van der Waals surface area contributed by atoms with Gasteiger partial charge in [0.05, 0.1) is 19.8 Å². The summed E-state index contributed by atoms with van der Waals surface area (Å²) in [5.74, 6) is 1.20. The maximum atomic E-state index is 12.0. The van der Waals surface area contributed by atoms with Crippen LogP contribution in [0, 0.1) is 0 Å². The highest BCUT2D eigenvalue weighted by atomic mass is 17.2. The highest BCUT2D eigenvalue weighted by Gasteiger charge is 2.33. The van der Waals surface area contributed by atoms with E-state index in [2.05, 4.69) is 0 Å². The average molecular weight is 323 g/mol. The lowest BCUT2D eigenvalue weighted by atomic mass is 9.97. The summed E-state index contributed by atoms with van der Waals surface area (Å²) < 4.78 is 10.7. The third-order valence-corrected chi connectivity index (χ3v) is 3.61. The minimum absolute atomic E-state index is 0.0621. The molecule has 1 aromatic carbocycles. The van der Waals surface area contributed by atoms with Crippen molar-refractivity contribution in [1.82, 2.24) is 4.90 Å². The molecule has 6 nitrogen and oxygen atoms in total. The highest BCUT2D eigenvalue weighted by Crippen LogP contribution is 2.39. The van der Waals surface area contributed by atoms with Gasteiger partial charge in [-0.2, -0.15) is 0 Å².